The van der Waals surface area contributed by atoms with Crippen LogP contribution in [-0.2, 0) is 9.53 Å². The summed E-state index contributed by atoms with van der Waals surface area (Å²) in [5.41, 5.74) is 0. The lowest BCUT2D eigenvalue weighted by Crippen LogP contribution is -2.12. The molecule has 0 fully saturated rings. The average Bonchev–Trinajstić information content (AvgIpc) is 1.63. The molecule has 0 aliphatic rings. The van der Waals surface area contributed by atoms with Crippen LogP contribution in [0.15, 0.2) is 0 Å². The largest absolute Gasteiger partial charge is 0.371 e. The van der Waals surface area contributed by atoms with E-state index in [0.29, 0.717) is 6.42 Å². The zero-order valence-electron chi connectivity index (χ0n) is 5.76. The van der Waals surface area contributed by atoms with E-state index in [9.17, 15) is 4.79 Å². The van der Waals surface area contributed by atoms with Gasteiger partial charge in [0.2, 0.25) is 0 Å². The van der Waals surface area contributed by atoms with E-state index in [1.165, 1.54) is 6.92 Å². The summed E-state index contributed by atoms with van der Waals surface area (Å²) in [6, 6.07) is 0. The van der Waals surface area contributed by atoms with Gasteiger partial charge >= 0.3 is 0 Å². The lowest BCUT2D eigenvalue weighted by atomic mass is 10.2. The molecule has 0 bridgehead atoms. The predicted octanol–water partition coefficient (Wildman–Crippen LogP) is 0.320. The van der Waals surface area contributed by atoms with Gasteiger partial charge in [-0.25, -0.2) is 0 Å². The number of ether oxygens (including phenoxy) is 1. The van der Waals surface area contributed by atoms with Gasteiger partial charge in [0.1, 0.15) is 12.6 Å². The van der Waals surface area contributed by atoms with Crippen LogP contribution in [0.3, 0.4) is 0 Å². The Morgan fingerprint density at radius 3 is 2.67 bits per heavy atom. The van der Waals surface area contributed by atoms with Gasteiger partial charge in [0.25, 0.3) is 0 Å². The monoisotopic (exact) mass is 132 g/mol. The summed E-state index contributed by atoms with van der Waals surface area (Å²) in [4.78, 5) is 10.4. The van der Waals surface area contributed by atoms with Crippen LogP contribution in [0.2, 0.25) is 0 Å². The summed E-state index contributed by atoms with van der Waals surface area (Å²) >= 11 is 0. The first-order valence-corrected chi connectivity index (χ1v) is 2.88. The van der Waals surface area contributed by atoms with E-state index >= 15 is 0 Å². The molecule has 1 N–H and O–H groups in total. The lowest BCUT2D eigenvalue weighted by Gasteiger charge is -2.06. The van der Waals surface area contributed by atoms with Crippen LogP contribution >= 0.6 is 0 Å². The highest BCUT2D eigenvalue weighted by atomic mass is 16.6. The summed E-state index contributed by atoms with van der Waals surface area (Å²) in [5, 5.41) is 8.22. The van der Waals surface area contributed by atoms with Crippen LogP contribution in [0, 0.1) is 0 Å². The minimum absolute atomic E-state index is 0.0796. The first-order valence-electron chi connectivity index (χ1n) is 2.88. The van der Waals surface area contributed by atoms with Gasteiger partial charge in [0.15, 0.2) is 0 Å². The Morgan fingerprint density at radius 2 is 2.33 bits per heavy atom. The highest BCUT2D eigenvalue weighted by Crippen LogP contribution is 1.95. The number of rotatable bonds is 4. The molecule has 0 aliphatic heterocycles. The Balaban J connectivity index is 3.26. The van der Waals surface area contributed by atoms with Crippen molar-refractivity contribution in [1.29, 1.82) is 0 Å². The van der Waals surface area contributed by atoms with E-state index in [1.807, 2.05) is 0 Å². The maximum atomic E-state index is 10.4. The number of aliphatic hydroxyl groups excluding tert-OH is 1. The van der Waals surface area contributed by atoms with Crippen molar-refractivity contribution in [2.75, 3.05) is 6.79 Å². The Morgan fingerprint density at radius 1 is 1.78 bits per heavy atom. The number of hydrogen-bond acceptors (Lipinski definition) is 3. The third kappa shape index (κ3) is 5.46. The zero-order valence-corrected chi connectivity index (χ0v) is 5.76. The topological polar surface area (TPSA) is 46.5 Å². The highest BCUT2D eigenvalue weighted by Gasteiger charge is 2.02. The van der Waals surface area contributed by atoms with Gasteiger partial charge in [0.05, 0.1) is 6.10 Å². The fraction of sp³-hybridized carbons (Fsp3) is 0.833. The van der Waals surface area contributed by atoms with E-state index in [2.05, 4.69) is 4.74 Å². The van der Waals surface area contributed by atoms with Crippen LogP contribution < -0.4 is 0 Å². The van der Waals surface area contributed by atoms with Gasteiger partial charge in [-0.3, -0.25) is 4.79 Å². The smallest absolute Gasteiger partial charge is 0.143 e. The first-order chi connectivity index (χ1) is 4.16. The van der Waals surface area contributed by atoms with Crippen LogP contribution in [0.4, 0.5) is 0 Å². The SMILES string of the molecule is CC(=O)CC(C)OCO. The highest BCUT2D eigenvalue weighted by molar-refractivity contribution is 5.75. The Labute approximate surface area is 54.6 Å². The number of hydrogen-bond donors (Lipinski definition) is 1. The molecule has 54 valence electrons. The van der Waals surface area contributed by atoms with Gasteiger partial charge < -0.3 is 9.84 Å². The van der Waals surface area contributed by atoms with E-state index in [1.54, 1.807) is 6.92 Å². The second kappa shape index (κ2) is 4.47. The number of Topliss-reactive ketones (excluding diaryl/α,β-unsaturated/α-hetero) is 1. The molecule has 0 aromatic carbocycles. The molecule has 3 nitrogen and oxygen atoms in total. The Hall–Kier alpha value is -0.410. The molecule has 0 rings (SSSR count). The first kappa shape index (κ1) is 8.59. The lowest BCUT2D eigenvalue weighted by molar-refractivity contribution is -0.121. The summed E-state index contributed by atoms with van der Waals surface area (Å²) in [7, 11) is 0. The molecule has 0 aromatic heterocycles. The molecule has 0 radical (unpaired) electrons. The summed E-state index contributed by atoms with van der Waals surface area (Å²) < 4.78 is 4.69. The van der Waals surface area contributed by atoms with Crippen molar-refractivity contribution < 1.29 is 14.6 Å². The minimum atomic E-state index is -0.311. The molecule has 9 heavy (non-hydrogen) atoms. The van der Waals surface area contributed by atoms with Gasteiger partial charge in [-0.15, -0.1) is 0 Å². The second-order valence-electron chi connectivity index (χ2n) is 2.01. The fourth-order valence-corrected chi connectivity index (χ4v) is 0.591. The van der Waals surface area contributed by atoms with Crippen molar-refractivity contribution in [2.45, 2.75) is 26.4 Å². The van der Waals surface area contributed by atoms with Crippen LogP contribution in [0.1, 0.15) is 20.3 Å². The minimum Gasteiger partial charge on any atom is -0.371 e. The third-order valence-corrected chi connectivity index (χ3v) is 0.934. The van der Waals surface area contributed by atoms with Gasteiger partial charge in [-0.05, 0) is 13.8 Å². The summed E-state index contributed by atoms with van der Waals surface area (Å²) in [5.74, 6) is 0.0796. The molecule has 0 saturated carbocycles. The Kier molecular flexibility index (Phi) is 4.26. The molecular weight excluding hydrogens is 120 g/mol. The van der Waals surface area contributed by atoms with E-state index < -0.39 is 0 Å². The fourth-order valence-electron chi connectivity index (χ4n) is 0.591. The molecule has 0 saturated heterocycles. The summed E-state index contributed by atoms with van der Waals surface area (Å²) in [6.45, 7) is 2.93. The van der Waals surface area contributed by atoms with E-state index in [-0.39, 0.29) is 18.7 Å². The maximum Gasteiger partial charge on any atom is 0.143 e. The standard InChI is InChI=1S/C6H12O3/c1-5(8)3-6(2)9-4-7/h6-7H,3-4H2,1-2H3. The van der Waals surface area contributed by atoms with Crippen molar-refractivity contribution in [3.05, 3.63) is 0 Å². The number of ketones is 1. The van der Waals surface area contributed by atoms with Crippen molar-refractivity contribution in [2.24, 2.45) is 0 Å². The van der Waals surface area contributed by atoms with Crippen molar-refractivity contribution in [1.82, 2.24) is 0 Å². The van der Waals surface area contributed by atoms with E-state index in [4.69, 9.17) is 5.11 Å². The zero-order chi connectivity index (χ0) is 7.28. The molecular formula is C6H12O3. The quantitative estimate of drug-likeness (QED) is 0.560. The third-order valence-electron chi connectivity index (χ3n) is 0.934. The van der Waals surface area contributed by atoms with Gasteiger partial charge in [-0.1, -0.05) is 0 Å². The predicted molar refractivity (Wildman–Crippen MR) is 32.9 cm³/mol. The normalized spacial score (nSPS) is 13.2. The number of aliphatic hydroxyl groups is 1. The van der Waals surface area contributed by atoms with Crippen molar-refractivity contribution in [3.63, 3.8) is 0 Å². The number of carbonyl (C=O) groups excluding carboxylic acids is 1. The molecule has 3 heteroatoms. The Bertz CT molecular complexity index is 90.3. The van der Waals surface area contributed by atoms with Crippen LogP contribution in [0.5, 0.6) is 0 Å². The van der Waals surface area contributed by atoms with Crippen LogP contribution in [0.25, 0.3) is 0 Å². The molecule has 0 aromatic rings. The maximum absolute atomic E-state index is 10.4. The van der Waals surface area contributed by atoms with Crippen molar-refractivity contribution in [3.8, 4) is 0 Å². The van der Waals surface area contributed by atoms with Crippen molar-refractivity contribution >= 4 is 5.78 Å². The molecule has 1 atom stereocenters. The van der Waals surface area contributed by atoms with Gasteiger partial charge in [-0.2, -0.15) is 0 Å². The number of carbonyl (C=O) groups is 1. The average molecular weight is 132 g/mol. The molecule has 0 spiro atoms. The molecule has 0 aliphatic carbocycles. The second-order valence-corrected chi connectivity index (χ2v) is 2.01. The molecule has 0 amide bonds. The molecule has 1 unspecified atom stereocenters. The van der Waals surface area contributed by atoms with E-state index in [0.717, 1.165) is 0 Å². The summed E-state index contributed by atoms with van der Waals surface area (Å²) in [6.07, 6.45) is 0.216. The van der Waals surface area contributed by atoms with Gasteiger partial charge in [0, 0.05) is 6.42 Å². The van der Waals surface area contributed by atoms with Crippen LogP contribution in [-0.4, -0.2) is 23.8 Å². The molecule has 0 heterocycles.